The number of benzene rings is 1. The van der Waals surface area contributed by atoms with E-state index in [-0.39, 0.29) is 12.0 Å². The maximum Gasteiger partial charge on any atom is 0.250 e. The van der Waals surface area contributed by atoms with Crippen LogP contribution < -0.4 is 10.6 Å². The van der Waals surface area contributed by atoms with Crippen LogP contribution in [0.1, 0.15) is 18.1 Å². The van der Waals surface area contributed by atoms with Crippen molar-refractivity contribution in [1.82, 2.24) is 20.4 Å². The van der Waals surface area contributed by atoms with E-state index in [0.717, 1.165) is 38.3 Å². The summed E-state index contributed by atoms with van der Waals surface area (Å²) in [7, 11) is 0. The minimum absolute atomic E-state index is 0.0370. The normalized spacial score (nSPS) is 22.7. The van der Waals surface area contributed by atoms with Crippen LogP contribution in [0.15, 0.2) is 24.3 Å². The minimum Gasteiger partial charge on any atom is -0.366 e. The first-order valence-electron chi connectivity index (χ1n) is 9.37. The van der Waals surface area contributed by atoms with E-state index in [1.54, 1.807) is 0 Å². The van der Waals surface area contributed by atoms with Crippen molar-refractivity contribution in [3.63, 3.8) is 0 Å². The summed E-state index contributed by atoms with van der Waals surface area (Å²) in [6.07, 6.45) is -0.366. The Morgan fingerprint density at radius 2 is 1.84 bits per heavy atom. The highest BCUT2D eigenvalue weighted by atomic mass is 16.5. The summed E-state index contributed by atoms with van der Waals surface area (Å²) in [5.41, 5.74) is 2.46. The van der Waals surface area contributed by atoms with Crippen LogP contribution in [-0.2, 0) is 22.6 Å². The largest absolute Gasteiger partial charge is 0.366 e. The van der Waals surface area contributed by atoms with Gasteiger partial charge in [0.25, 0.3) is 5.91 Å². The van der Waals surface area contributed by atoms with E-state index < -0.39 is 0 Å². The summed E-state index contributed by atoms with van der Waals surface area (Å²) >= 11 is 0. The molecule has 0 bridgehead atoms. The van der Waals surface area contributed by atoms with E-state index in [1.807, 2.05) is 0 Å². The van der Waals surface area contributed by atoms with Crippen molar-refractivity contribution < 1.29 is 9.53 Å². The van der Waals surface area contributed by atoms with Gasteiger partial charge in [-0.3, -0.25) is 9.69 Å². The van der Waals surface area contributed by atoms with Crippen LogP contribution in [-0.4, -0.2) is 74.2 Å². The molecule has 2 fully saturated rings. The zero-order chi connectivity index (χ0) is 17.5. The van der Waals surface area contributed by atoms with Gasteiger partial charge in [-0.25, -0.2) is 0 Å². The monoisotopic (exact) mass is 346 g/mol. The molecule has 1 atom stereocenters. The number of carbonyl (C=O) groups is 1. The number of hydrogen-bond acceptors (Lipinski definition) is 5. The predicted molar refractivity (Wildman–Crippen MR) is 98.3 cm³/mol. The van der Waals surface area contributed by atoms with Gasteiger partial charge in [0.05, 0.1) is 6.61 Å². The molecule has 6 heteroatoms. The molecule has 0 radical (unpaired) electrons. The zero-order valence-electron chi connectivity index (χ0n) is 15.2. The lowest BCUT2D eigenvalue weighted by Gasteiger charge is -2.34. The van der Waals surface area contributed by atoms with Gasteiger partial charge in [0.2, 0.25) is 0 Å². The maximum atomic E-state index is 12.1. The van der Waals surface area contributed by atoms with E-state index >= 15 is 0 Å². The highest BCUT2D eigenvalue weighted by Gasteiger charge is 2.21. The molecular weight excluding hydrogens is 316 g/mol. The summed E-state index contributed by atoms with van der Waals surface area (Å²) in [6.45, 7) is 11.5. The third kappa shape index (κ3) is 5.51. The van der Waals surface area contributed by atoms with Crippen LogP contribution in [0.4, 0.5) is 0 Å². The van der Waals surface area contributed by atoms with Gasteiger partial charge in [-0.1, -0.05) is 31.2 Å². The number of morpholine rings is 1. The van der Waals surface area contributed by atoms with Crippen LogP contribution in [0.2, 0.25) is 0 Å². The van der Waals surface area contributed by atoms with Crippen LogP contribution >= 0.6 is 0 Å². The van der Waals surface area contributed by atoms with Crippen LogP contribution in [0.25, 0.3) is 0 Å². The number of nitrogens with one attached hydrogen (secondary N) is 2. The van der Waals surface area contributed by atoms with Crippen molar-refractivity contribution in [2.24, 2.45) is 0 Å². The molecule has 2 N–H and O–H groups in total. The molecular formula is C19H30N4O2. The third-order valence-corrected chi connectivity index (χ3v) is 5.03. The second-order valence-corrected chi connectivity index (χ2v) is 6.81. The van der Waals surface area contributed by atoms with E-state index in [4.69, 9.17) is 4.74 Å². The molecule has 1 aromatic rings. The molecule has 1 amide bonds. The lowest BCUT2D eigenvalue weighted by molar-refractivity contribution is -0.134. The third-order valence-electron chi connectivity index (χ3n) is 5.03. The van der Waals surface area contributed by atoms with Gasteiger partial charge in [0.1, 0.15) is 6.10 Å². The Bertz CT molecular complexity index is 535. The number of amides is 1. The molecule has 0 aromatic heterocycles. The molecule has 0 saturated carbocycles. The Morgan fingerprint density at radius 1 is 1.16 bits per heavy atom. The molecule has 2 heterocycles. The first kappa shape index (κ1) is 18.3. The SMILES string of the molecule is CCN1CCN(Cc2ccc(CNC(=O)C3CNCCO3)cc2)CC1. The minimum atomic E-state index is -0.366. The van der Waals surface area contributed by atoms with Gasteiger partial charge in [-0.2, -0.15) is 0 Å². The fraction of sp³-hybridized carbons (Fsp3) is 0.632. The molecule has 0 aliphatic carbocycles. The first-order chi connectivity index (χ1) is 12.2. The molecule has 25 heavy (non-hydrogen) atoms. The molecule has 0 spiro atoms. The Morgan fingerprint density at radius 3 is 2.48 bits per heavy atom. The average Bonchev–Trinajstić information content (AvgIpc) is 2.68. The van der Waals surface area contributed by atoms with Gasteiger partial charge in [-0.15, -0.1) is 0 Å². The van der Waals surface area contributed by atoms with Crippen molar-refractivity contribution in [3.05, 3.63) is 35.4 Å². The molecule has 2 aliphatic heterocycles. The molecule has 138 valence electrons. The highest BCUT2D eigenvalue weighted by molar-refractivity contribution is 5.81. The Balaban J connectivity index is 1.42. The number of ether oxygens (including phenoxy) is 1. The van der Waals surface area contributed by atoms with Gasteiger partial charge >= 0.3 is 0 Å². The summed E-state index contributed by atoms with van der Waals surface area (Å²) in [4.78, 5) is 17.1. The molecule has 6 nitrogen and oxygen atoms in total. The summed E-state index contributed by atoms with van der Waals surface area (Å²) in [6, 6.07) is 8.56. The van der Waals surface area contributed by atoms with E-state index in [2.05, 4.69) is 51.6 Å². The van der Waals surface area contributed by atoms with Gasteiger partial charge < -0.3 is 20.3 Å². The molecule has 2 aliphatic rings. The summed E-state index contributed by atoms with van der Waals surface area (Å²) in [5, 5.41) is 6.13. The standard InChI is InChI=1S/C19H30N4O2/c1-2-22-8-10-23(11-9-22)15-17-5-3-16(4-6-17)13-21-19(24)18-14-20-7-12-25-18/h3-6,18,20H,2,7-15H2,1H3,(H,21,24). The number of piperazine rings is 1. The van der Waals surface area contributed by atoms with Crippen LogP contribution in [0, 0.1) is 0 Å². The smallest absolute Gasteiger partial charge is 0.250 e. The summed E-state index contributed by atoms with van der Waals surface area (Å²) < 4.78 is 5.46. The van der Waals surface area contributed by atoms with Gasteiger partial charge in [0.15, 0.2) is 0 Å². The second-order valence-electron chi connectivity index (χ2n) is 6.81. The second kappa shape index (κ2) is 9.29. The van der Waals surface area contributed by atoms with Crippen molar-refractivity contribution >= 4 is 5.91 Å². The molecule has 1 unspecified atom stereocenters. The molecule has 2 saturated heterocycles. The highest BCUT2D eigenvalue weighted by Crippen LogP contribution is 2.10. The average molecular weight is 346 g/mol. The maximum absolute atomic E-state index is 12.1. The lowest BCUT2D eigenvalue weighted by Crippen LogP contribution is -2.47. The number of rotatable bonds is 6. The van der Waals surface area contributed by atoms with Crippen molar-refractivity contribution in [2.75, 3.05) is 52.4 Å². The number of hydrogen-bond donors (Lipinski definition) is 2. The van der Waals surface area contributed by atoms with E-state index in [1.165, 1.54) is 18.7 Å². The zero-order valence-corrected chi connectivity index (χ0v) is 15.2. The first-order valence-corrected chi connectivity index (χ1v) is 9.37. The number of nitrogens with zero attached hydrogens (tertiary/aromatic N) is 2. The van der Waals surface area contributed by atoms with Crippen molar-refractivity contribution in [3.8, 4) is 0 Å². The fourth-order valence-corrected chi connectivity index (χ4v) is 3.32. The Kier molecular flexibility index (Phi) is 6.81. The van der Waals surface area contributed by atoms with Gasteiger partial charge in [0, 0.05) is 52.4 Å². The summed E-state index contributed by atoms with van der Waals surface area (Å²) in [5.74, 6) is -0.0370. The quantitative estimate of drug-likeness (QED) is 0.782. The number of likely N-dealkylation sites (N-methyl/N-ethyl adjacent to an activating group) is 1. The molecule has 3 rings (SSSR count). The van der Waals surface area contributed by atoms with Crippen LogP contribution in [0.3, 0.4) is 0 Å². The topological polar surface area (TPSA) is 56.8 Å². The van der Waals surface area contributed by atoms with Crippen LogP contribution in [0.5, 0.6) is 0 Å². The predicted octanol–water partition coefficient (Wildman–Crippen LogP) is 0.429. The fourth-order valence-electron chi connectivity index (χ4n) is 3.32. The molecule has 1 aromatic carbocycles. The van der Waals surface area contributed by atoms with Crippen molar-refractivity contribution in [1.29, 1.82) is 0 Å². The lowest BCUT2D eigenvalue weighted by atomic mass is 10.1. The Labute approximate surface area is 150 Å². The van der Waals surface area contributed by atoms with Crippen molar-refractivity contribution in [2.45, 2.75) is 26.1 Å². The van der Waals surface area contributed by atoms with Gasteiger partial charge in [-0.05, 0) is 17.7 Å². The van der Waals surface area contributed by atoms with E-state index in [9.17, 15) is 4.79 Å². The Hall–Kier alpha value is -1.47. The number of carbonyl (C=O) groups excluding carboxylic acids is 1. The van der Waals surface area contributed by atoms with E-state index in [0.29, 0.717) is 19.7 Å².